The van der Waals surface area contributed by atoms with Crippen LogP contribution in [0.15, 0.2) is 34.6 Å². The van der Waals surface area contributed by atoms with Gasteiger partial charge in [0.15, 0.2) is 23.0 Å². The Bertz CT molecular complexity index is 734. The smallest absolute Gasteiger partial charge is 0.165 e. The molecular formula is C16H16N2O6. The van der Waals surface area contributed by atoms with E-state index in [2.05, 4.69) is 10.3 Å². The molecule has 0 fully saturated rings. The van der Waals surface area contributed by atoms with Gasteiger partial charge in [-0.05, 0) is 24.3 Å². The van der Waals surface area contributed by atoms with Gasteiger partial charge in [0.05, 0.1) is 26.6 Å². The summed E-state index contributed by atoms with van der Waals surface area (Å²) in [5.74, 6) is -0.185. The lowest BCUT2D eigenvalue weighted by molar-refractivity contribution is 0.321. The van der Waals surface area contributed by atoms with Crippen molar-refractivity contribution in [3.8, 4) is 34.1 Å². The molecule has 8 heteroatoms. The van der Waals surface area contributed by atoms with Gasteiger partial charge in [-0.1, -0.05) is 10.3 Å². The molecule has 2 aromatic rings. The Kier molecular flexibility index (Phi) is 5.10. The SMILES string of the molecule is COc1cc(/C=N\O)cc(-c2cc(/C=N\O)cc(OC)c2O)c1O. The average Bonchev–Trinajstić information content (AvgIpc) is 2.58. The number of methoxy groups -OCH3 is 2. The van der Waals surface area contributed by atoms with Crippen LogP contribution >= 0.6 is 0 Å². The third-order valence-electron chi connectivity index (χ3n) is 3.34. The Morgan fingerprint density at radius 1 is 0.750 bits per heavy atom. The third kappa shape index (κ3) is 3.17. The van der Waals surface area contributed by atoms with E-state index in [-0.39, 0.29) is 34.1 Å². The van der Waals surface area contributed by atoms with E-state index in [4.69, 9.17) is 19.9 Å². The zero-order chi connectivity index (χ0) is 17.7. The number of rotatable bonds is 5. The highest BCUT2D eigenvalue weighted by molar-refractivity contribution is 5.91. The largest absolute Gasteiger partial charge is 0.504 e. The standard InChI is InChI=1S/C16H16N2O6/c1-23-13-5-9(7-17-21)3-11(15(13)19)12-4-10(8-18-22)6-14(24-2)16(12)20/h3-8,19-22H,1-2H3/b17-7-,18-8-. The first-order chi connectivity index (χ1) is 11.5. The fourth-order valence-electron chi connectivity index (χ4n) is 2.26. The van der Waals surface area contributed by atoms with Crippen LogP contribution in [0.2, 0.25) is 0 Å². The quantitative estimate of drug-likeness (QED) is 0.379. The lowest BCUT2D eigenvalue weighted by atomic mass is 9.98. The van der Waals surface area contributed by atoms with Crippen molar-refractivity contribution in [3.63, 3.8) is 0 Å². The highest BCUT2D eigenvalue weighted by Crippen LogP contribution is 2.45. The second kappa shape index (κ2) is 7.23. The topological polar surface area (TPSA) is 124 Å². The Labute approximate surface area is 137 Å². The van der Waals surface area contributed by atoms with Gasteiger partial charge in [0, 0.05) is 22.3 Å². The van der Waals surface area contributed by atoms with Crippen molar-refractivity contribution in [1.29, 1.82) is 0 Å². The van der Waals surface area contributed by atoms with Gasteiger partial charge in [-0.3, -0.25) is 0 Å². The fourth-order valence-corrected chi connectivity index (χ4v) is 2.26. The van der Waals surface area contributed by atoms with Crippen LogP contribution in [0.3, 0.4) is 0 Å². The molecule has 0 bridgehead atoms. The molecule has 24 heavy (non-hydrogen) atoms. The zero-order valence-electron chi connectivity index (χ0n) is 13.0. The van der Waals surface area contributed by atoms with Crippen molar-refractivity contribution in [2.24, 2.45) is 10.3 Å². The Morgan fingerprint density at radius 3 is 1.42 bits per heavy atom. The van der Waals surface area contributed by atoms with E-state index < -0.39 is 0 Å². The van der Waals surface area contributed by atoms with Gasteiger partial charge in [-0.15, -0.1) is 0 Å². The molecule has 4 N–H and O–H groups in total. The maximum Gasteiger partial charge on any atom is 0.165 e. The lowest BCUT2D eigenvalue weighted by Gasteiger charge is -2.14. The zero-order valence-corrected chi connectivity index (χ0v) is 13.0. The summed E-state index contributed by atoms with van der Waals surface area (Å²) in [6, 6.07) is 5.91. The predicted octanol–water partition coefficient (Wildman–Crippen LogP) is 2.40. The normalized spacial score (nSPS) is 11.2. The van der Waals surface area contributed by atoms with E-state index in [9.17, 15) is 10.2 Å². The molecule has 0 atom stereocenters. The maximum atomic E-state index is 10.4. The molecular weight excluding hydrogens is 316 g/mol. The van der Waals surface area contributed by atoms with Gasteiger partial charge in [0.1, 0.15) is 0 Å². The molecule has 0 saturated carbocycles. The number of nitrogens with zero attached hydrogens (tertiary/aromatic N) is 2. The molecule has 0 aliphatic heterocycles. The summed E-state index contributed by atoms with van der Waals surface area (Å²) in [5, 5.41) is 44.1. The third-order valence-corrected chi connectivity index (χ3v) is 3.34. The molecule has 0 unspecified atom stereocenters. The lowest BCUT2D eigenvalue weighted by Crippen LogP contribution is -1.94. The molecule has 0 radical (unpaired) electrons. The Hall–Kier alpha value is -3.42. The summed E-state index contributed by atoms with van der Waals surface area (Å²) in [4.78, 5) is 0. The van der Waals surface area contributed by atoms with E-state index in [1.165, 1.54) is 38.5 Å². The van der Waals surface area contributed by atoms with Crippen LogP contribution in [0.5, 0.6) is 23.0 Å². The number of hydrogen-bond acceptors (Lipinski definition) is 8. The van der Waals surface area contributed by atoms with Crippen molar-refractivity contribution >= 4 is 12.4 Å². The van der Waals surface area contributed by atoms with Gasteiger partial charge < -0.3 is 30.1 Å². The molecule has 2 aromatic carbocycles. The van der Waals surface area contributed by atoms with Gasteiger partial charge in [-0.25, -0.2) is 0 Å². The Morgan fingerprint density at radius 2 is 1.12 bits per heavy atom. The first kappa shape index (κ1) is 16.9. The van der Waals surface area contributed by atoms with E-state index >= 15 is 0 Å². The second-order valence-corrected chi connectivity index (χ2v) is 4.73. The summed E-state index contributed by atoms with van der Waals surface area (Å²) >= 11 is 0. The Balaban J connectivity index is 2.79. The van der Waals surface area contributed by atoms with Gasteiger partial charge in [-0.2, -0.15) is 0 Å². The number of benzene rings is 2. The number of aromatic hydroxyl groups is 2. The minimum Gasteiger partial charge on any atom is -0.504 e. The van der Waals surface area contributed by atoms with E-state index in [1.54, 1.807) is 0 Å². The summed E-state index contributed by atoms with van der Waals surface area (Å²) < 4.78 is 10.2. The van der Waals surface area contributed by atoms with E-state index in [1.807, 2.05) is 0 Å². The fraction of sp³-hybridized carbons (Fsp3) is 0.125. The minimum atomic E-state index is -0.219. The number of oxime groups is 2. The van der Waals surface area contributed by atoms with Crippen LogP contribution in [0.4, 0.5) is 0 Å². The van der Waals surface area contributed by atoms with Gasteiger partial charge in [0.2, 0.25) is 0 Å². The molecule has 0 spiro atoms. The number of hydrogen-bond donors (Lipinski definition) is 4. The molecule has 2 rings (SSSR count). The van der Waals surface area contributed by atoms with Crippen molar-refractivity contribution in [2.75, 3.05) is 14.2 Å². The molecule has 0 heterocycles. The maximum absolute atomic E-state index is 10.4. The van der Waals surface area contributed by atoms with E-state index in [0.717, 1.165) is 12.4 Å². The summed E-state index contributed by atoms with van der Waals surface area (Å²) in [7, 11) is 2.74. The van der Waals surface area contributed by atoms with Crippen LogP contribution in [0.1, 0.15) is 11.1 Å². The summed E-state index contributed by atoms with van der Waals surface area (Å²) in [6.07, 6.45) is 2.30. The van der Waals surface area contributed by atoms with Crippen LogP contribution in [-0.4, -0.2) is 47.3 Å². The average molecular weight is 332 g/mol. The second-order valence-electron chi connectivity index (χ2n) is 4.73. The molecule has 0 aliphatic carbocycles. The molecule has 0 aromatic heterocycles. The van der Waals surface area contributed by atoms with Crippen LogP contribution in [0.25, 0.3) is 11.1 Å². The van der Waals surface area contributed by atoms with Crippen molar-refractivity contribution in [2.45, 2.75) is 0 Å². The molecule has 0 saturated heterocycles. The van der Waals surface area contributed by atoms with Crippen molar-refractivity contribution < 1.29 is 30.1 Å². The number of phenolic OH excluding ortho intramolecular Hbond substituents is 2. The van der Waals surface area contributed by atoms with Crippen LogP contribution < -0.4 is 9.47 Å². The summed E-state index contributed by atoms with van der Waals surface area (Å²) in [5.41, 5.74) is 1.30. The first-order valence-corrected chi connectivity index (χ1v) is 6.73. The predicted molar refractivity (Wildman–Crippen MR) is 87.1 cm³/mol. The van der Waals surface area contributed by atoms with Gasteiger partial charge in [0.25, 0.3) is 0 Å². The van der Waals surface area contributed by atoms with Crippen LogP contribution in [0, 0.1) is 0 Å². The highest BCUT2D eigenvalue weighted by atomic mass is 16.5. The first-order valence-electron chi connectivity index (χ1n) is 6.73. The molecule has 0 amide bonds. The number of ether oxygens (including phenoxy) is 2. The minimum absolute atomic E-state index is 0.127. The van der Waals surface area contributed by atoms with Crippen molar-refractivity contribution in [3.05, 3.63) is 35.4 Å². The molecule has 126 valence electrons. The van der Waals surface area contributed by atoms with Gasteiger partial charge >= 0.3 is 0 Å². The highest BCUT2D eigenvalue weighted by Gasteiger charge is 2.18. The van der Waals surface area contributed by atoms with E-state index in [0.29, 0.717) is 11.1 Å². The number of phenols is 2. The summed E-state index contributed by atoms with van der Waals surface area (Å²) in [6.45, 7) is 0. The molecule has 0 aliphatic rings. The monoisotopic (exact) mass is 332 g/mol. The van der Waals surface area contributed by atoms with Crippen molar-refractivity contribution in [1.82, 2.24) is 0 Å². The van der Waals surface area contributed by atoms with Crippen LogP contribution in [-0.2, 0) is 0 Å². The molecule has 8 nitrogen and oxygen atoms in total.